The van der Waals surface area contributed by atoms with Gasteiger partial charge in [-0.15, -0.1) is 0 Å². The Labute approximate surface area is 115 Å². The number of carbonyl (C=O) groups excluding carboxylic acids is 1. The molecule has 5 nitrogen and oxygen atoms in total. The van der Waals surface area contributed by atoms with Gasteiger partial charge in [0.1, 0.15) is 6.73 Å². The van der Waals surface area contributed by atoms with Crippen LogP contribution in [0.2, 0.25) is 25.7 Å². The van der Waals surface area contributed by atoms with Crippen molar-refractivity contribution in [3.05, 3.63) is 24.3 Å². The standard InChI is InChI=1S/C13H22N2O3Si/c1-17-13(16)6-5-12-9-15(10-14-12)11-18-7-8-19(2,3)4/h5-6,9-10H,7-8,11H2,1-4H3/b6-5+. The molecular formula is C13H22N2O3Si. The van der Waals surface area contributed by atoms with Crippen LogP contribution in [-0.4, -0.2) is 37.3 Å². The molecule has 106 valence electrons. The number of imidazole rings is 1. The van der Waals surface area contributed by atoms with Gasteiger partial charge in [0.15, 0.2) is 0 Å². The lowest BCUT2D eigenvalue weighted by Gasteiger charge is -2.15. The van der Waals surface area contributed by atoms with Crippen LogP contribution in [0.4, 0.5) is 0 Å². The molecule has 1 aromatic rings. The predicted molar refractivity (Wildman–Crippen MR) is 77.4 cm³/mol. The number of nitrogens with zero attached hydrogens (tertiary/aromatic N) is 2. The summed E-state index contributed by atoms with van der Waals surface area (Å²) in [5.41, 5.74) is 0.708. The van der Waals surface area contributed by atoms with Gasteiger partial charge in [-0.3, -0.25) is 0 Å². The van der Waals surface area contributed by atoms with Crippen LogP contribution in [0.1, 0.15) is 5.69 Å². The van der Waals surface area contributed by atoms with E-state index in [9.17, 15) is 4.79 Å². The van der Waals surface area contributed by atoms with Gasteiger partial charge in [0, 0.05) is 27.0 Å². The molecule has 1 heterocycles. The third-order valence-corrected chi connectivity index (χ3v) is 4.19. The van der Waals surface area contributed by atoms with E-state index in [4.69, 9.17) is 4.74 Å². The van der Waals surface area contributed by atoms with E-state index < -0.39 is 8.07 Å². The van der Waals surface area contributed by atoms with E-state index in [1.54, 1.807) is 12.4 Å². The Morgan fingerprint density at radius 2 is 2.21 bits per heavy atom. The fourth-order valence-corrected chi connectivity index (χ4v) is 2.06. The lowest BCUT2D eigenvalue weighted by molar-refractivity contribution is -0.134. The average Bonchev–Trinajstić information content (AvgIpc) is 2.78. The summed E-state index contributed by atoms with van der Waals surface area (Å²) in [4.78, 5) is 15.1. The van der Waals surface area contributed by atoms with Gasteiger partial charge in [-0.25, -0.2) is 9.78 Å². The van der Waals surface area contributed by atoms with Crippen LogP contribution < -0.4 is 0 Å². The number of methoxy groups -OCH3 is 1. The Morgan fingerprint density at radius 3 is 2.84 bits per heavy atom. The summed E-state index contributed by atoms with van der Waals surface area (Å²) in [6, 6.07) is 1.15. The predicted octanol–water partition coefficient (Wildman–Crippen LogP) is 2.38. The van der Waals surface area contributed by atoms with Crippen LogP contribution in [0.25, 0.3) is 6.08 Å². The van der Waals surface area contributed by atoms with Crippen molar-refractivity contribution in [3.63, 3.8) is 0 Å². The number of rotatable bonds is 7. The van der Waals surface area contributed by atoms with Crippen molar-refractivity contribution >= 4 is 20.1 Å². The van der Waals surface area contributed by atoms with E-state index in [0.29, 0.717) is 12.4 Å². The lowest BCUT2D eigenvalue weighted by Crippen LogP contribution is -2.21. The highest BCUT2D eigenvalue weighted by molar-refractivity contribution is 6.76. The van der Waals surface area contributed by atoms with Gasteiger partial charge in [-0.05, 0) is 12.1 Å². The molecule has 0 fully saturated rings. The molecule has 0 aromatic carbocycles. The number of aromatic nitrogens is 2. The fourth-order valence-electron chi connectivity index (χ4n) is 1.30. The number of hydrogen-bond acceptors (Lipinski definition) is 4. The Kier molecular flexibility index (Phi) is 5.97. The minimum absolute atomic E-state index is 0.388. The first kappa shape index (κ1) is 15.7. The second kappa shape index (κ2) is 7.25. The summed E-state index contributed by atoms with van der Waals surface area (Å²) >= 11 is 0. The third-order valence-electron chi connectivity index (χ3n) is 2.48. The van der Waals surface area contributed by atoms with Crippen LogP contribution in [0.5, 0.6) is 0 Å². The number of ether oxygens (including phenoxy) is 2. The number of carbonyl (C=O) groups is 1. The van der Waals surface area contributed by atoms with Gasteiger partial charge < -0.3 is 14.0 Å². The Hall–Kier alpha value is -1.40. The maximum Gasteiger partial charge on any atom is 0.330 e. The molecule has 0 aliphatic rings. The second-order valence-electron chi connectivity index (χ2n) is 5.52. The number of hydrogen-bond donors (Lipinski definition) is 0. The highest BCUT2D eigenvalue weighted by Crippen LogP contribution is 2.08. The normalized spacial score (nSPS) is 12.0. The Balaban J connectivity index is 2.35. The Morgan fingerprint density at radius 1 is 1.47 bits per heavy atom. The summed E-state index contributed by atoms with van der Waals surface area (Å²) in [6.07, 6.45) is 6.47. The fraction of sp³-hybridized carbons (Fsp3) is 0.538. The molecule has 0 atom stereocenters. The zero-order valence-corrected chi connectivity index (χ0v) is 13.0. The van der Waals surface area contributed by atoms with Crippen LogP contribution in [0.15, 0.2) is 18.6 Å². The van der Waals surface area contributed by atoms with E-state index in [2.05, 4.69) is 29.4 Å². The maximum absolute atomic E-state index is 10.9. The average molecular weight is 282 g/mol. The molecule has 1 rings (SSSR count). The van der Waals surface area contributed by atoms with Crippen molar-refractivity contribution < 1.29 is 14.3 Å². The molecule has 0 aliphatic heterocycles. The molecule has 0 amide bonds. The molecule has 0 saturated carbocycles. The van der Waals surface area contributed by atoms with Gasteiger partial charge in [-0.2, -0.15) is 0 Å². The van der Waals surface area contributed by atoms with Crippen molar-refractivity contribution in [2.45, 2.75) is 32.4 Å². The highest BCUT2D eigenvalue weighted by Gasteiger charge is 2.11. The molecule has 0 radical (unpaired) electrons. The summed E-state index contributed by atoms with van der Waals surface area (Å²) < 4.78 is 12.0. The maximum atomic E-state index is 10.9. The van der Waals surface area contributed by atoms with Crippen molar-refractivity contribution in [3.8, 4) is 0 Å². The van der Waals surface area contributed by atoms with Crippen LogP contribution in [0.3, 0.4) is 0 Å². The van der Waals surface area contributed by atoms with Gasteiger partial charge in [0.05, 0.1) is 19.1 Å². The minimum atomic E-state index is -1.03. The molecule has 1 aromatic heterocycles. The first-order valence-corrected chi connectivity index (χ1v) is 9.97. The summed E-state index contributed by atoms with van der Waals surface area (Å²) in [7, 11) is 0.313. The summed E-state index contributed by atoms with van der Waals surface area (Å²) in [5.74, 6) is -0.388. The second-order valence-corrected chi connectivity index (χ2v) is 11.1. The smallest absolute Gasteiger partial charge is 0.330 e. The summed E-state index contributed by atoms with van der Waals surface area (Å²) in [6.45, 7) is 8.24. The molecule has 0 aliphatic carbocycles. The van der Waals surface area contributed by atoms with Crippen molar-refractivity contribution in [2.24, 2.45) is 0 Å². The molecule has 19 heavy (non-hydrogen) atoms. The van der Waals surface area contributed by atoms with E-state index in [-0.39, 0.29) is 5.97 Å². The van der Waals surface area contributed by atoms with Crippen LogP contribution in [-0.2, 0) is 21.0 Å². The third kappa shape index (κ3) is 6.93. The zero-order chi connectivity index (χ0) is 14.3. The minimum Gasteiger partial charge on any atom is -0.466 e. The lowest BCUT2D eigenvalue weighted by atomic mass is 10.4. The van der Waals surface area contributed by atoms with Crippen molar-refractivity contribution in [1.82, 2.24) is 9.55 Å². The molecule has 6 heteroatoms. The SMILES string of the molecule is COC(=O)/C=C/c1cn(COCC[Si](C)(C)C)cn1. The molecule has 0 bridgehead atoms. The largest absolute Gasteiger partial charge is 0.466 e. The molecular weight excluding hydrogens is 260 g/mol. The first-order chi connectivity index (χ1) is 8.90. The van der Waals surface area contributed by atoms with E-state index >= 15 is 0 Å². The van der Waals surface area contributed by atoms with Gasteiger partial charge in [0.25, 0.3) is 0 Å². The van der Waals surface area contributed by atoms with E-state index in [1.807, 2.05) is 10.8 Å². The highest BCUT2D eigenvalue weighted by atomic mass is 28.3. The molecule has 0 saturated heterocycles. The number of esters is 1. The van der Waals surface area contributed by atoms with Gasteiger partial charge >= 0.3 is 5.97 Å². The Bertz CT molecular complexity index is 435. The molecule has 0 unspecified atom stereocenters. The van der Waals surface area contributed by atoms with E-state index in [1.165, 1.54) is 13.2 Å². The van der Waals surface area contributed by atoms with Crippen molar-refractivity contribution in [2.75, 3.05) is 13.7 Å². The molecule has 0 N–H and O–H groups in total. The quantitative estimate of drug-likeness (QED) is 0.333. The van der Waals surface area contributed by atoms with Crippen molar-refractivity contribution in [1.29, 1.82) is 0 Å². The monoisotopic (exact) mass is 282 g/mol. The molecule has 0 spiro atoms. The van der Waals surface area contributed by atoms with Gasteiger partial charge in [-0.1, -0.05) is 19.6 Å². The van der Waals surface area contributed by atoms with Crippen LogP contribution in [0, 0.1) is 0 Å². The van der Waals surface area contributed by atoms with Gasteiger partial charge in [0.2, 0.25) is 0 Å². The van der Waals surface area contributed by atoms with E-state index in [0.717, 1.165) is 12.7 Å². The summed E-state index contributed by atoms with van der Waals surface area (Å²) in [5, 5.41) is 0. The zero-order valence-electron chi connectivity index (χ0n) is 12.0. The topological polar surface area (TPSA) is 53.4 Å². The van der Waals surface area contributed by atoms with Crippen LogP contribution >= 0.6 is 0 Å². The first-order valence-electron chi connectivity index (χ1n) is 6.26.